The minimum atomic E-state index is -0.666. The molecule has 0 aliphatic heterocycles. The third-order valence-corrected chi connectivity index (χ3v) is 1.56. The lowest BCUT2D eigenvalue weighted by Crippen LogP contribution is -2.38. The van der Waals surface area contributed by atoms with Crippen LogP contribution in [0.2, 0.25) is 0 Å². The fourth-order valence-corrected chi connectivity index (χ4v) is 0.860. The van der Waals surface area contributed by atoms with Crippen LogP contribution in [0.25, 0.3) is 0 Å². The highest BCUT2D eigenvalue weighted by Gasteiger charge is 2.24. The monoisotopic (exact) mass is 155 g/mol. The fourth-order valence-electron chi connectivity index (χ4n) is 0.860. The number of nitrogens with two attached hydrogens (primary N) is 1. The van der Waals surface area contributed by atoms with Gasteiger partial charge in [0.15, 0.2) is 0 Å². The van der Waals surface area contributed by atoms with E-state index < -0.39 is 11.6 Å². The van der Waals surface area contributed by atoms with Crippen molar-refractivity contribution < 1.29 is 9.52 Å². The van der Waals surface area contributed by atoms with Crippen molar-refractivity contribution in [3.63, 3.8) is 0 Å². The Morgan fingerprint density at radius 1 is 1.64 bits per heavy atom. The van der Waals surface area contributed by atoms with Crippen molar-refractivity contribution in [1.29, 1.82) is 0 Å². The summed E-state index contributed by atoms with van der Waals surface area (Å²) in [5, 5.41) is 9.56. The molecule has 3 nitrogen and oxygen atoms in total. The lowest BCUT2D eigenvalue weighted by Gasteiger charge is -2.24. The van der Waals surface area contributed by atoms with Crippen molar-refractivity contribution in [3.05, 3.63) is 24.2 Å². The van der Waals surface area contributed by atoms with E-state index in [0.29, 0.717) is 0 Å². The van der Waals surface area contributed by atoms with Gasteiger partial charge in [-0.2, -0.15) is 0 Å². The van der Waals surface area contributed by atoms with Gasteiger partial charge in [0.2, 0.25) is 0 Å². The van der Waals surface area contributed by atoms with Crippen molar-refractivity contribution in [1.82, 2.24) is 0 Å². The average molecular weight is 155 g/mol. The molecule has 0 saturated carbocycles. The summed E-state index contributed by atoms with van der Waals surface area (Å²) < 4.78 is 4.82. The molecule has 1 aromatic heterocycles. The quantitative estimate of drug-likeness (QED) is 0.671. The normalized spacial score (nSPS) is 14.9. The van der Waals surface area contributed by atoms with Gasteiger partial charge in [0.25, 0.3) is 0 Å². The van der Waals surface area contributed by atoms with E-state index in [1.165, 1.54) is 12.5 Å². The Bertz CT molecular complexity index is 210. The van der Waals surface area contributed by atoms with Crippen LogP contribution in [0.3, 0.4) is 0 Å². The van der Waals surface area contributed by atoms with E-state index >= 15 is 0 Å². The Morgan fingerprint density at radius 3 is 2.64 bits per heavy atom. The molecule has 0 aliphatic rings. The molecule has 0 spiro atoms. The van der Waals surface area contributed by atoms with Gasteiger partial charge in [-0.3, -0.25) is 0 Å². The van der Waals surface area contributed by atoms with Crippen LogP contribution < -0.4 is 5.73 Å². The predicted octanol–water partition coefficient (Wildman–Crippen LogP) is 1.05. The van der Waals surface area contributed by atoms with Crippen LogP contribution in [-0.2, 0) is 0 Å². The Labute approximate surface area is 65.8 Å². The van der Waals surface area contributed by atoms with Gasteiger partial charge in [-0.05, 0) is 19.9 Å². The maximum absolute atomic E-state index is 9.56. The van der Waals surface area contributed by atoms with Crippen molar-refractivity contribution in [2.75, 3.05) is 0 Å². The molecule has 0 amide bonds. The van der Waals surface area contributed by atoms with Crippen LogP contribution in [0, 0.1) is 0 Å². The smallest absolute Gasteiger partial charge is 0.0994 e. The van der Waals surface area contributed by atoms with E-state index in [-0.39, 0.29) is 0 Å². The summed E-state index contributed by atoms with van der Waals surface area (Å²) in [6.45, 7) is 3.54. The zero-order chi connectivity index (χ0) is 8.48. The number of hydrogen-bond acceptors (Lipinski definition) is 3. The zero-order valence-corrected chi connectivity index (χ0v) is 6.74. The highest BCUT2D eigenvalue weighted by atomic mass is 16.3. The lowest BCUT2D eigenvalue weighted by atomic mass is 9.94. The van der Waals surface area contributed by atoms with Gasteiger partial charge in [-0.15, -0.1) is 0 Å². The topological polar surface area (TPSA) is 59.4 Å². The first-order valence-electron chi connectivity index (χ1n) is 3.51. The van der Waals surface area contributed by atoms with Crippen molar-refractivity contribution in [2.45, 2.75) is 25.5 Å². The zero-order valence-electron chi connectivity index (χ0n) is 6.74. The Hall–Kier alpha value is -0.800. The molecule has 1 aromatic rings. The Morgan fingerprint density at radius 2 is 2.27 bits per heavy atom. The van der Waals surface area contributed by atoms with Gasteiger partial charge in [0, 0.05) is 11.1 Å². The van der Waals surface area contributed by atoms with Crippen molar-refractivity contribution in [3.8, 4) is 0 Å². The largest absolute Gasteiger partial charge is 0.472 e. The van der Waals surface area contributed by atoms with Gasteiger partial charge in [-0.25, -0.2) is 0 Å². The van der Waals surface area contributed by atoms with E-state index in [1.54, 1.807) is 19.9 Å². The first-order valence-corrected chi connectivity index (χ1v) is 3.51. The molecule has 0 fully saturated rings. The summed E-state index contributed by atoms with van der Waals surface area (Å²) >= 11 is 0. The number of aliphatic hydroxyl groups excluding tert-OH is 1. The van der Waals surface area contributed by atoms with Gasteiger partial charge >= 0.3 is 0 Å². The molecule has 1 heterocycles. The third-order valence-electron chi connectivity index (χ3n) is 1.56. The van der Waals surface area contributed by atoms with Gasteiger partial charge in [-0.1, -0.05) is 0 Å². The molecular formula is C8H13NO2. The molecule has 1 atom stereocenters. The van der Waals surface area contributed by atoms with Crippen LogP contribution in [0.15, 0.2) is 23.0 Å². The summed E-state index contributed by atoms with van der Waals surface area (Å²) in [5.41, 5.74) is 5.78. The summed E-state index contributed by atoms with van der Waals surface area (Å²) in [6.07, 6.45) is 2.35. The van der Waals surface area contributed by atoms with Gasteiger partial charge < -0.3 is 15.3 Å². The first-order chi connectivity index (χ1) is 5.02. The highest BCUT2D eigenvalue weighted by molar-refractivity contribution is 5.13. The summed E-state index contributed by atoms with van der Waals surface area (Å²) in [4.78, 5) is 0. The maximum atomic E-state index is 9.56. The molecule has 0 saturated heterocycles. The molecule has 3 heteroatoms. The van der Waals surface area contributed by atoms with Gasteiger partial charge in [0.1, 0.15) is 0 Å². The van der Waals surface area contributed by atoms with Gasteiger partial charge in [0.05, 0.1) is 18.6 Å². The van der Waals surface area contributed by atoms with Crippen molar-refractivity contribution in [2.24, 2.45) is 5.73 Å². The molecule has 0 bridgehead atoms. The minimum absolute atomic E-state index is 0.621. The first kappa shape index (κ1) is 8.30. The average Bonchev–Trinajstić information content (AvgIpc) is 2.34. The standard InChI is InChI=1S/C8H13NO2/c1-8(2,9)7(10)6-3-4-11-5-6/h3-5,7,10H,9H2,1-2H3. The van der Waals surface area contributed by atoms with Crippen LogP contribution in [0.1, 0.15) is 25.5 Å². The van der Waals surface area contributed by atoms with Crippen LogP contribution in [0.5, 0.6) is 0 Å². The molecule has 0 aromatic carbocycles. The second-order valence-corrected chi connectivity index (χ2v) is 3.28. The molecule has 1 unspecified atom stereocenters. The predicted molar refractivity (Wildman–Crippen MR) is 41.9 cm³/mol. The van der Waals surface area contributed by atoms with Crippen LogP contribution in [0.4, 0.5) is 0 Å². The van der Waals surface area contributed by atoms with E-state index in [9.17, 15) is 5.11 Å². The second kappa shape index (κ2) is 2.68. The minimum Gasteiger partial charge on any atom is -0.472 e. The second-order valence-electron chi connectivity index (χ2n) is 3.28. The summed E-state index contributed by atoms with van der Waals surface area (Å²) in [7, 11) is 0. The lowest BCUT2D eigenvalue weighted by molar-refractivity contribution is 0.104. The fraction of sp³-hybridized carbons (Fsp3) is 0.500. The molecular weight excluding hydrogens is 142 g/mol. The van der Waals surface area contributed by atoms with E-state index in [2.05, 4.69) is 0 Å². The molecule has 62 valence electrons. The van der Waals surface area contributed by atoms with Crippen LogP contribution in [-0.4, -0.2) is 10.6 Å². The molecule has 0 aliphatic carbocycles. The Kier molecular flexibility index (Phi) is 2.02. The van der Waals surface area contributed by atoms with E-state index in [0.717, 1.165) is 5.56 Å². The molecule has 1 rings (SSSR count). The highest BCUT2D eigenvalue weighted by Crippen LogP contribution is 2.22. The van der Waals surface area contributed by atoms with Crippen molar-refractivity contribution >= 4 is 0 Å². The number of furan rings is 1. The number of hydrogen-bond donors (Lipinski definition) is 2. The Balaban J connectivity index is 2.78. The number of aliphatic hydroxyl groups is 1. The summed E-state index contributed by atoms with van der Waals surface area (Å²) in [6, 6.07) is 1.71. The van der Waals surface area contributed by atoms with Crippen LogP contribution >= 0.6 is 0 Å². The third kappa shape index (κ3) is 1.82. The summed E-state index contributed by atoms with van der Waals surface area (Å²) in [5.74, 6) is 0. The maximum Gasteiger partial charge on any atom is 0.0994 e. The number of rotatable bonds is 2. The molecule has 0 radical (unpaired) electrons. The SMILES string of the molecule is CC(C)(N)C(O)c1ccoc1. The van der Waals surface area contributed by atoms with E-state index in [4.69, 9.17) is 10.2 Å². The van der Waals surface area contributed by atoms with E-state index in [1.807, 2.05) is 0 Å². The molecule has 11 heavy (non-hydrogen) atoms. The molecule has 3 N–H and O–H groups in total.